The molecule has 4 amide bonds. The molecule has 0 aromatic carbocycles. The van der Waals surface area contributed by atoms with Crippen LogP contribution in [0.15, 0.2) is 0 Å². The van der Waals surface area contributed by atoms with Gasteiger partial charge in [-0.15, -0.1) is 0 Å². The van der Waals surface area contributed by atoms with Crippen molar-refractivity contribution in [2.24, 2.45) is 5.73 Å². The maximum absolute atomic E-state index is 12.3. The Morgan fingerprint density at radius 2 is 2.10 bits per heavy atom. The molecule has 1 atom stereocenters. The molecule has 1 fully saturated rings. The largest absolute Gasteiger partial charge is 0.480 e. The third-order valence-electron chi connectivity index (χ3n) is 2.91. The number of carboxylic acid groups (broad SMARTS) is 1. The van der Waals surface area contributed by atoms with E-state index in [-0.39, 0.29) is 25.7 Å². The molecule has 1 rings (SSSR count). The number of nitrogens with zero attached hydrogens (tertiary/aromatic N) is 2. The summed E-state index contributed by atoms with van der Waals surface area (Å²) in [6, 6.07) is -2.20. The molecule has 1 unspecified atom stereocenters. The zero-order chi connectivity index (χ0) is 15.4. The first-order chi connectivity index (χ1) is 9.23. The predicted molar refractivity (Wildman–Crippen MR) is 67.6 cm³/mol. The van der Waals surface area contributed by atoms with Crippen molar-refractivity contribution in [2.75, 3.05) is 19.6 Å². The minimum atomic E-state index is -1.22. The Bertz CT molecular complexity index is 437. The number of nitrogens with one attached hydrogen (secondary N) is 1. The van der Waals surface area contributed by atoms with Gasteiger partial charge in [-0.2, -0.15) is 0 Å². The topological polar surface area (TPSA) is 133 Å². The van der Waals surface area contributed by atoms with Crippen LogP contribution in [0.1, 0.15) is 13.8 Å². The Morgan fingerprint density at radius 3 is 2.55 bits per heavy atom. The predicted octanol–water partition coefficient (Wildman–Crippen LogP) is -1.81. The second-order valence-corrected chi connectivity index (χ2v) is 4.76. The second kappa shape index (κ2) is 6.22. The molecule has 9 heteroatoms. The highest BCUT2D eigenvalue weighted by Gasteiger charge is 2.38. The van der Waals surface area contributed by atoms with Crippen LogP contribution in [0.25, 0.3) is 0 Å². The first kappa shape index (κ1) is 15.7. The van der Waals surface area contributed by atoms with Crippen LogP contribution in [0.3, 0.4) is 0 Å². The standard InChI is InChI=1S/C11H18N4O5/c1-6(2)14(4-8(12)16)11(20)15-5-9(17)13-3-7(15)10(18)19/h6-7H,3-5H2,1-2H3,(H2,12,16)(H,13,17)(H,18,19). The van der Waals surface area contributed by atoms with E-state index in [0.29, 0.717) is 0 Å². The summed E-state index contributed by atoms with van der Waals surface area (Å²) < 4.78 is 0. The molecule has 1 aliphatic rings. The van der Waals surface area contributed by atoms with Crippen molar-refractivity contribution in [1.82, 2.24) is 15.1 Å². The van der Waals surface area contributed by atoms with Gasteiger partial charge in [0.2, 0.25) is 11.8 Å². The summed E-state index contributed by atoms with van der Waals surface area (Å²) in [5.41, 5.74) is 5.07. The Morgan fingerprint density at radius 1 is 1.50 bits per heavy atom. The van der Waals surface area contributed by atoms with Gasteiger partial charge in [0.05, 0.1) is 0 Å². The fourth-order valence-electron chi connectivity index (χ4n) is 1.87. The normalized spacial score (nSPS) is 18.6. The zero-order valence-corrected chi connectivity index (χ0v) is 11.3. The fourth-order valence-corrected chi connectivity index (χ4v) is 1.87. The molecule has 1 heterocycles. The van der Waals surface area contributed by atoms with Crippen LogP contribution in [-0.2, 0) is 14.4 Å². The van der Waals surface area contributed by atoms with Gasteiger partial charge in [-0.25, -0.2) is 9.59 Å². The van der Waals surface area contributed by atoms with Gasteiger partial charge in [0, 0.05) is 12.6 Å². The number of primary amides is 1. The summed E-state index contributed by atoms with van der Waals surface area (Å²) in [5, 5.41) is 11.5. The van der Waals surface area contributed by atoms with E-state index in [4.69, 9.17) is 10.8 Å². The number of carbonyl (C=O) groups is 4. The lowest BCUT2D eigenvalue weighted by Crippen LogP contribution is -2.63. The molecule has 0 aromatic rings. The van der Waals surface area contributed by atoms with Gasteiger partial charge in [-0.05, 0) is 13.8 Å². The maximum atomic E-state index is 12.3. The molecule has 1 aliphatic heterocycles. The number of nitrogens with two attached hydrogens (primary N) is 1. The number of amides is 4. The van der Waals surface area contributed by atoms with Gasteiger partial charge in [-0.3, -0.25) is 14.5 Å². The van der Waals surface area contributed by atoms with Crippen LogP contribution in [0.4, 0.5) is 4.79 Å². The number of aliphatic carboxylic acids is 1. The van der Waals surface area contributed by atoms with Crippen LogP contribution in [0.5, 0.6) is 0 Å². The lowest BCUT2D eigenvalue weighted by atomic mass is 10.2. The van der Waals surface area contributed by atoms with Crippen LogP contribution >= 0.6 is 0 Å². The third kappa shape index (κ3) is 3.59. The number of urea groups is 1. The van der Waals surface area contributed by atoms with E-state index in [9.17, 15) is 19.2 Å². The minimum absolute atomic E-state index is 0.164. The summed E-state index contributed by atoms with van der Waals surface area (Å²) in [7, 11) is 0. The fraction of sp³-hybridized carbons (Fsp3) is 0.636. The molecule has 0 aliphatic carbocycles. The van der Waals surface area contributed by atoms with E-state index < -0.39 is 29.9 Å². The van der Waals surface area contributed by atoms with Crippen molar-refractivity contribution in [2.45, 2.75) is 25.9 Å². The summed E-state index contributed by atoms with van der Waals surface area (Å²) in [6.45, 7) is 2.47. The van der Waals surface area contributed by atoms with Crippen molar-refractivity contribution in [3.8, 4) is 0 Å². The first-order valence-electron chi connectivity index (χ1n) is 6.09. The Kier molecular flexibility index (Phi) is 4.89. The van der Waals surface area contributed by atoms with Crippen molar-refractivity contribution < 1.29 is 24.3 Å². The number of carboxylic acids is 1. The zero-order valence-electron chi connectivity index (χ0n) is 11.3. The molecule has 1 saturated heterocycles. The van der Waals surface area contributed by atoms with Crippen LogP contribution in [-0.4, -0.2) is 70.4 Å². The number of rotatable bonds is 4. The molecule has 20 heavy (non-hydrogen) atoms. The molecule has 0 radical (unpaired) electrons. The van der Waals surface area contributed by atoms with Gasteiger partial charge in [0.15, 0.2) is 0 Å². The van der Waals surface area contributed by atoms with Crippen molar-refractivity contribution in [1.29, 1.82) is 0 Å². The van der Waals surface area contributed by atoms with Gasteiger partial charge in [-0.1, -0.05) is 0 Å². The Labute approximate surface area is 115 Å². The van der Waals surface area contributed by atoms with Crippen molar-refractivity contribution >= 4 is 23.8 Å². The maximum Gasteiger partial charge on any atom is 0.328 e. The summed E-state index contributed by atoms with van der Waals surface area (Å²) in [6.07, 6.45) is 0. The van der Waals surface area contributed by atoms with E-state index in [1.165, 1.54) is 0 Å². The number of carbonyl (C=O) groups excluding carboxylic acids is 3. The molecule has 4 N–H and O–H groups in total. The van der Waals surface area contributed by atoms with Crippen LogP contribution in [0, 0.1) is 0 Å². The smallest absolute Gasteiger partial charge is 0.328 e. The van der Waals surface area contributed by atoms with E-state index >= 15 is 0 Å². The lowest BCUT2D eigenvalue weighted by molar-refractivity contribution is -0.144. The van der Waals surface area contributed by atoms with Gasteiger partial charge in [0.25, 0.3) is 0 Å². The lowest BCUT2D eigenvalue weighted by Gasteiger charge is -2.37. The SMILES string of the molecule is CC(C)N(CC(N)=O)C(=O)N1CC(=O)NCC1C(=O)O. The molecule has 0 bridgehead atoms. The monoisotopic (exact) mass is 286 g/mol. The average molecular weight is 286 g/mol. The molecule has 0 saturated carbocycles. The summed E-state index contributed by atoms with van der Waals surface area (Å²) in [4.78, 5) is 47.9. The summed E-state index contributed by atoms with van der Waals surface area (Å²) >= 11 is 0. The van der Waals surface area contributed by atoms with E-state index in [2.05, 4.69) is 5.32 Å². The minimum Gasteiger partial charge on any atom is -0.480 e. The Balaban J connectivity index is 2.96. The molecular formula is C11H18N4O5. The van der Waals surface area contributed by atoms with Crippen molar-refractivity contribution in [3.05, 3.63) is 0 Å². The highest BCUT2D eigenvalue weighted by molar-refractivity contribution is 5.92. The van der Waals surface area contributed by atoms with E-state index in [1.54, 1.807) is 13.8 Å². The van der Waals surface area contributed by atoms with Gasteiger partial charge >= 0.3 is 12.0 Å². The van der Waals surface area contributed by atoms with E-state index in [1.807, 2.05) is 0 Å². The first-order valence-corrected chi connectivity index (χ1v) is 6.09. The molecule has 112 valence electrons. The number of piperazine rings is 1. The molecule has 0 spiro atoms. The summed E-state index contributed by atoms with van der Waals surface area (Å²) in [5.74, 6) is -2.37. The number of hydrogen-bond donors (Lipinski definition) is 3. The highest BCUT2D eigenvalue weighted by atomic mass is 16.4. The van der Waals surface area contributed by atoms with Gasteiger partial charge in [0.1, 0.15) is 19.1 Å². The average Bonchev–Trinajstić information content (AvgIpc) is 2.34. The third-order valence-corrected chi connectivity index (χ3v) is 2.91. The van der Waals surface area contributed by atoms with Crippen molar-refractivity contribution in [3.63, 3.8) is 0 Å². The van der Waals surface area contributed by atoms with Crippen LogP contribution in [0.2, 0.25) is 0 Å². The van der Waals surface area contributed by atoms with Gasteiger partial charge < -0.3 is 21.1 Å². The highest BCUT2D eigenvalue weighted by Crippen LogP contribution is 2.11. The molecule has 0 aromatic heterocycles. The number of hydrogen-bond acceptors (Lipinski definition) is 4. The van der Waals surface area contributed by atoms with E-state index in [0.717, 1.165) is 9.80 Å². The quantitative estimate of drug-likeness (QED) is 0.560. The molecule has 9 nitrogen and oxygen atoms in total. The second-order valence-electron chi connectivity index (χ2n) is 4.76. The van der Waals surface area contributed by atoms with Crippen LogP contribution < -0.4 is 11.1 Å². The molecular weight excluding hydrogens is 268 g/mol. The Hall–Kier alpha value is -2.32.